The number of alkyl halides is 3. The zero-order valence-corrected chi connectivity index (χ0v) is 18.1. The molecule has 6 nitrogen and oxygen atoms in total. The van der Waals surface area contributed by atoms with E-state index in [9.17, 15) is 18.0 Å². The van der Waals surface area contributed by atoms with E-state index in [4.69, 9.17) is 4.42 Å². The Balaban J connectivity index is 1.42. The Morgan fingerprint density at radius 2 is 1.84 bits per heavy atom. The van der Waals surface area contributed by atoms with Gasteiger partial charge in [0.1, 0.15) is 0 Å². The van der Waals surface area contributed by atoms with E-state index in [1.807, 2.05) is 36.1 Å². The SMILES string of the molecule is Cc1ccc(-c2nnc(SCC(=O)Nc3ccc(C(F)(F)F)cc3N3CCCC3)o2)cc1. The van der Waals surface area contributed by atoms with Crippen molar-refractivity contribution in [2.24, 2.45) is 0 Å². The number of halogens is 3. The Hall–Kier alpha value is -3.01. The van der Waals surface area contributed by atoms with Crippen molar-refractivity contribution in [3.05, 3.63) is 53.6 Å². The first-order valence-corrected chi connectivity index (χ1v) is 11.1. The molecule has 0 radical (unpaired) electrons. The fraction of sp³-hybridized carbons (Fsp3) is 0.318. The van der Waals surface area contributed by atoms with Crippen molar-refractivity contribution in [2.75, 3.05) is 29.1 Å². The molecule has 0 atom stereocenters. The molecule has 0 spiro atoms. The normalized spacial score (nSPS) is 14.1. The lowest BCUT2D eigenvalue weighted by Crippen LogP contribution is -2.22. The van der Waals surface area contributed by atoms with Gasteiger partial charge in [0.25, 0.3) is 5.22 Å². The highest BCUT2D eigenvalue weighted by molar-refractivity contribution is 7.99. The number of hydrogen-bond acceptors (Lipinski definition) is 6. The summed E-state index contributed by atoms with van der Waals surface area (Å²) in [7, 11) is 0. The van der Waals surface area contributed by atoms with Crippen molar-refractivity contribution in [3.8, 4) is 11.5 Å². The highest BCUT2D eigenvalue weighted by Crippen LogP contribution is 2.37. The van der Waals surface area contributed by atoms with Crippen LogP contribution in [0.4, 0.5) is 24.5 Å². The molecule has 1 saturated heterocycles. The van der Waals surface area contributed by atoms with E-state index >= 15 is 0 Å². The molecule has 2 heterocycles. The molecule has 0 unspecified atom stereocenters. The van der Waals surface area contributed by atoms with E-state index in [0.717, 1.165) is 47.9 Å². The fourth-order valence-electron chi connectivity index (χ4n) is 3.43. The largest absolute Gasteiger partial charge is 0.416 e. The van der Waals surface area contributed by atoms with Gasteiger partial charge in [-0.15, -0.1) is 10.2 Å². The average molecular weight is 462 g/mol. The quantitative estimate of drug-likeness (QED) is 0.495. The number of aromatic nitrogens is 2. The molecular formula is C22H21F3N4O2S. The Morgan fingerprint density at radius 1 is 1.12 bits per heavy atom. The van der Waals surface area contributed by atoms with Gasteiger partial charge in [0.05, 0.1) is 22.7 Å². The van der Waals surface area contributed by atoms with Gasteiger partial charge in [-0.25, -0.2) is 0 Å². The summed E-state index contributed by atoms with van der Waals surface area (Å²) in [5, 5.41) is 10.9. The van der Waals surface area contributed by atoms with Gasteiger partial charge in [0.15, 0.2) is 0 Å². The second-order valence-electron chi connectivity index (χ2n) is 7.50. The van der Waals surface area contributed by atoms with Crippen LogP contribution in [0.2, 0.25) is 0 Å². The molecule has 1 aliphatic rings. The van der Waals surface area contributed by atoms with Crippen molar-refractivity contribution >= 4 is 29.0 Å². The standard InChI is InChI=1S/C22H21F3N4O2S/c1-14-4-6-15(7-5-14)20-27-28-21(31-20)32-13-19(30)26-17-9-8-16(22(23,24)25)12-18(17)29-10-2-3-11-29/h4-9,12H,2-3,10-11,13H2,1H3,(H,26,30). The van der Waals surface area contributed by atoms with Crippen LogP contribution < -0.4 is 10.2 Å². The zero-order valence-electron chi connectivity index (χ0n) is 17.3. The number of carbonyl (C=O) groups is 1. The highest BCUT2D eigenvalue weighted by Gasteiger charge is 2.32. The van der Waals surface area contributed by atoms with Crippen LogP contribution in [0.1, 0.15) is 24.0 Å². The maximum absolute atomic E-state index is 13.2. The molecule has 2 aromatic carbocycles. The van der Waals surface area contributed by atoms with Crippen LogP contribution in [0.3, 0.4) is 0 Å². The first-order chi connectivity index (χ1) is 15.3. The number of rotatable bonds is 6. The molecule has 1 amide bonds. The molecular weight excluding hydrogens is 441 g/mol. The van der Waals surface area contributed by atoms with Gasteiger partial charge in [0.2, 0.25) is 11.8 Å². The first-order valence-electron chi connectivity index (χ1n) is 10.1. The number of aryl methyl sites for hydroxylation is 1. The van der Waals surface area contributed by atoms with Crippen LogP contribution in [0, 0.1) is 6.92 Å². The average Bonchev–Trinajstić information content (AvgIpc) is 3.45. The van der Waals surface area contributed by atoms with E-state index in [0.29, 0.717) is 30.4 Å². The predicted molar refractivity (Wildman–Crippen MR) is 117 cm³/mol. The van der Waals surface area contributed by atoms with Crippen LogP contribution in [-0.4, -0.2) is 34.9 Å². The molecule has 1 aliphatic heterocycles. The number of nitrogens with zero attached hydrogens (tertiary/aromatic N) is 3. The van der Waals surface area contributed by atoms with E-state index in [1.54, 1.807) is 0 Å². The van der Waals surface area contributed by atoms with Gasteiger partial charge in [0, 0.05) is 18.7 Å². The van der Waals surface area contributed by atoms with Crippen LogP contribution in [0.25, 0.3) is 11.5 Å². The number of benzene rings is 2. The van der Waals surface area contributed by atoms with Crippen LogP contribution >= 0.6 is 11.8 Å². The third-order valence-electron chi connectivity index (χ3n) is 5.08. The van der Waals surface area contributed by atoms with Crippen LogP contribution in [0.5, 0.6) is 0 Å². The minimum atomic E-state index is -4.44. The number of hydrogen-bond donors (Lipinski definition) is 1. The van der Waals surface area contributed by atoms with E-state index < -0.39 is 11.7 Å². The van der Waals surface area contributed by atoms with Crippen molar-refractivity contribution < 1.29 is 22.4 Å². The van der Waals surface area contributed by atoms with Crippen molar-refractivity contribution in [1.29, 1.82) is 0 Å². The molecule has 1 aromatic heterocycles. The second-order valence-corrected chi connectivity index (χ2v) is 8.43. The minimum Gasteiger partial charge on any atom is -0.411 e. The third-order valence-corrected chi connectivity index (χ3v) is 5.90. The van der Waals surface area contributed by atoms with Gasteiger partial charge >= 0.3 is 6.18 Å². The summed E-state index contributed by atoms with van der Waals surface area (Å²) < 4.78 is 45.1. The molecule has 1 fully saturated rings. The lowest BCUT2D eigenvalue weighted by atomic mass is 10.1. The van der Waals surface area contributed by atoms with Crippen LogP contribution in [-0.2, 0) is 11.0 Å². The van der Waals surface area contributed by atoms with E-state index in [1.165, 1.54) is 6.07 Å². The highest BCUT2D eigenvalue weighted by atomic mass is 32.2. The number of thioether (sulfide) groups is 1. The smallest absolute Gasteiger partial charge is 0.411 e. The van der Waals surface area contributed by atoms with Gasteiger partial charge < -0.3 is 14.6 Å². The van der Waals surface area contributed by atoms with E-state index in [-0.39, 0.29) is 16.9 Å². The Labute approximate surface area is 187 Å². The Kier molecular flexibility index (Phi) is 6.40. The topological polar surface area (TPSA) is 71.3 Å². The Morgan fingerprint density at radius 3 is 2.53 bits per heavy atom. The summed E-state index contributed by atoms with van der Waals surface area (Å²) in [4.78, 5) is 14.4. The maximum Gasteiger partial charge on any atom is 0.416 e. The molecule has 0 aliphatic carbocycles. The minimum absolute atomic E-state index is 0.0179. The molecule has 4 rings (SSSR count). The molecule has 3 aromatic rings. The summed E-state index contributed by atoms with van der Waals surface area (Å²) in [6.45, 7) is 3.29. The summed E-state index contributed by atoms with van der Waals surface area (Å²) in [5.41, 5.74) is 1.89. The van der Waals surface area contributed by atoms with Gasteiger partial charge in [-0.1, -0.05) is 29.5 Å². The second kappa shape index (κ2) is 9.23. The Bertz CT molecular complexity index is 1090. The summed E-state index contributed by atoms with van der Waals surface area (Å²) in [5.74, 6) is -0.0343. The number of anilines is 2. The van der Waals surface area contributed by atoms with Gasteiger partial charge in [-0.3, -0.25) is 4.79 Å². The molecule has 10 heteroatoms. The summed E-state index contributed by atoms with van der Waals surface area (Å²) in [6.07, 6.45) is -2.64. The van der Waals surface area contributed by atoms with E-state index in [2.05, 4.69) is 15.5 Å². The van der Waals surface area contributed by atoms with Crippen LogP contribution in [0.15, 0.2) is 52.1 Å². The molecule has 1 N–H and O–H groups in total. The maximum atomic E-state index is 13.2. The summed E-state index contributed by atoms with van der Waals surface area (Å²) in [6, 6.07) is 11.0. The van der Waals surface area contributed by atoms with Gasteiger partial charge in [-0.2, -0.15) is 13.2 Å². The molecule has 0 bridgehead atoms. The molecule has 0 saturated carbocycles. The first kappa shape index (κ1) is 22.2. The number of amides is 1. The zero-order chi connectivity index (χ0) is 22.7. The van der Waals surface area contributed by atoms with Crippen molar-refractivity contribution in [1.82, 2.24) is 10.2 Å². The van der Waals surface area contributed by atoms with Crippen molar-refractivity contribution in [3.63, 3.8) is 0 Å². The lowest BCUT2D eigenvalue weighted by Gasteiger charge is -2.23. The van der Waals surface area contributed by atoms with Gasteiger partial charge in [-0.05, 0) is 50.1 Å². The monoisotopic (exact) mass is 462 g/mol. The number of nitrogens with one attached hydrogen (secondary N) is 1. The molecule has 32 heavy (non-hydrogen) atoms. The lowest BCUT2D eigenvalue weighted by molar-refractivity contribution is -0.137. The summed E-state index contributed by atoms with van der Waals surface area (Å²) >= 11 is 1.07. The van der Waals surface area contributed by atoms with Crippen molar-refractivity contribution in [2.45, 2.75) is 31.2 Å². The fourth-order valence-corrected chi connectivity index (χ4v) is 3.99. The predicted octanol–water partition coefficient (Wildman–Crippen LogP) is 5.39. The number of carbonyl (C=O) groups excluding carboxylic acids is 1. The third kappa shape index (κ3) is 5.24. The molecule has 168 valence electrons.